The molecule has 5 heteroatoms. The highest BCUT2D eigenvalue weighted by Gasteiger charge is 2.26. The molecule has 0 amide bonds. The molecule has 0 atom stereocenters. The summed E-state index contributed by atoms with van der Waals surface area (Å²) in [4.78, 5) is 3.87. The molecule has 0 aromatic carbocycles. The minimum Gasteiger partial charge on any atom is -0.365 e. The number of aromatic nitrogens is 1. The van der Waals surface area contributed by atoms with E-state index in [1.165, 1.54) is 12.3 Å². The fraction of sp³-hybridized carbons (Fsp3) is 0.444. The van der Waals surface area contributed by atoms with Crippen molar-refractivity contribution in [1.29, 1.82) is 0 Å². The average molecular weight is 216 g/mol. The fourth-order valence-electron chi connectivity index (χ4n) is 1.49. The van der Waals surface area contributed by atoms with Crippen LogP contribution in [0.5, 0.6) is 0 Å². The molecule has 1 aromatic rings. The summed E-state index contributed by atoms with van der Waals surface area (Å²) in [5.74, 6) is -0.163. The Kier molecular flexibility index (Phi) is 2.56. The Bertz CT molecular complexity index is 339. The zero-order chi connectivity index (χ0) is 10.1. The summed E-state index contributed by atoms with van der Waals surface area (Å²) >= 11 is 5.57. The predicted octanol–water partition coefficient (Wildman–Crippen LogP) is 1.78. The summed E-state index contributed by atoms with van der Waals surface area (Å²) in [6.45, 7) is 0. The molecule has 0 radical (unpaired) electrons. The topological polar surface area (TPSA) is 50.9 Å². The molecule has 0 bridgehead atoms. The van der Waals surface area contributed by atoms with Crippen LogP contribution in [0.15, 0.2) is 12.3 Å². The Hall–Kier alpha value is -0.870. The van der Waals surface area contributed by atoms with Gasteiger partial charge in [0.1, 0.15) is 0 Å². The molecule has 1 aromatic heterocycles. The van der Waals surface area contributed by atoms with E-state index in [1.54, 1.807) is 0 Å². The second-order valence-electron chi connectivity index (χ2n) is 3.56. The maximum absolute atomic E-state index is 13.2. The van der Waals surface area contributed by atoms with Crippen molar-refractivity contribution in [3.63, 3.8) is 0 Å². The Morgan fingerprint density at radius 1 is 1.57 bits per heavy atom. The molecule has 0 unspecified atom stereocenters. The van der Waals surface area contributed by atoms with Crippen molar-refractivity contribution in [2.75, 3.05) is 5.32 Å². The summed E-state index contributed by atoms with van der Waals surface area (Å²) in [6.07, 6.45) is 3.15. The lowest BCUT2D eigenvalue weighted by Gasteiger charge is -2.33. The number of anilines is 1. The van der Waals surface area contributed by atoms with Crippen LogP contribution in [0.3, 0.4) is 0 Å². The third-order valence-electron chi connectivity index (χ3n) is 2.32. The molecular formula is C9H11ClFN3. The van der Waals surface area contributed by atoms with Gasteiger partial charge in [-0.05, 0) is 18.9 Å². The number of rotatable bonds is 2. The summed E-state index contributed by atoms with van der Waals surface area (Å²) in [6, 6.07) is 1.73. The van der Waals surface area contributed by atoms with Crippen molar-refractivity contribution in [3.05, 3.63) is 23.1 Å². The Morgan fingerprint density at radius 2 is 2.29 bits per heavy atom. The number of pyridine rings is 1. The van der Waals surface area contributed by atoms with E-state index in [0.717, 1.165) is 12.8 Å². The fourth-order valence-corrected chi connectivity index (χ4v) is 1.64. The van der Waals surface area contributed by atoms with Crippen LogP contribution in [0.2, 0.25) is 5.02 Å². The van der Waals surface area contributed by atoms with E-state index in [2.05, 4.69) is 10.3 Å². The molecule has 0 spiro atoms. The molecule has 1 fully saturated rings. The SMILES string of the molecule is NC1CC(Nc2ncc(Cl)cc2F)C1. The summed E-state index contributed by atoms with van der Waals surface area (Å²) < 4.78 is 13.2. The first-order valence-electron chi connectivity index (χ1n) is 4.48. The van der Waals surface area contributed by atoms with Gasteiger partial charge in [0, 0.05) is 18.3 Å². The van der Waals surface area contributed by atoms with E-state index in [9.17, 15) is 4.39 Å². The van der Waals surface area contributed by atoms with E-state index in [4.69, 9.17) is 17.3 Å². The molecule has 0 aliphatic heterocycles. The highest BCUT2D eigenvalue weighted by Crippen LogP contribution is 2.23. The minimum atomic E-state index is -0.419. The smallest absolute Gasteiger partial charge is 0.166 e. The van der Waals surface area contributed by atoms with Crippen molar-refractivity contribution in [3.8, 4) is 0 Å². The summed E-state index contributed by atoms with van der Waals surface area (Å²) in [5, 5.41) is 3.28. The maximum atomic E-state index is 13.2. The van der Waals surface area contributed by atoms with Crippen molar-refractivity contribution in [2.24, 2.45) is 5.73 Å². The Balaban J connectivity index is 2.02. The lowest BCUT2D eigenvalue weighted by molar-refractivity contribution is 0.371. The molecule has 1 aliphatic rings. The van der Waals surface area contributed by atoms with Crippen LogP contribution >= 0.6 is 11.6 Å². The molecule has 76 valence electrons. The quantitative estimate of drug-likeness (QED) is 0.791. The largest absolute Gasteiger partial charge is 0.365 e. The number of hydrogen-bond donors (Lipinski definition) is 2. The third-order valence-corrected chi connectivity index (χ3v) is 2.53. The van der Waals surface area contributed by atoms with Gasteiger partial charge < -0.3 is 11.1 Å². The molecule has 1 aliphatic carbocycles. The van der Waals surface area contributed by atoms with Gasteiger partial charge in [-0.25, -0.2) is 9.37 Å². The molecular weight excluding hydrogens is 205 g/mol. The molecule has 0 saturated heterocycles. The molecule has 1 saturated carbocycles. The van der Waals surface area contributed by atoms with Crippen LogP contribution in [0, 0.1) is 5.82 Å². The predicted molar refractivity (Wildman–Crippen MR) is 53.8 cm³/mol. The lowest BCUT2D eigenvalue weighted by Crippen LogP contribution is -2.44. The van der Waals surface area contributed by atoms with Gasteiger partial charge in [0.2, 0.25) is 0 Å². The first-order chi connectivity index (χ1) is 6.65. The first-order valence-corrected chi connectivity index (χ1v) is 4.86. The zero-order valence-corrected chi connectivity index (χ0v) is 8.26. The van der Waals surface area contributed by atoms with Crippen molar-refractivity contribution < 1.29 is 4.39 Å². The monoisotopic (exact) mass is 215 g/mol. The third kappa shape index (κ3) is 1.96. The standard InChI is InChI=1S/C9H11ClFN3/c10-5-1-8(11)9(13-4-5)14-7-2-6(12)3-7/h1,4,6-7H,2-3,12H2,(H,13,14). The van der Waals surface area contributed by atoms with Crippen LogP contribution in [0.4, 0.5) is 10.2 Å². The number of nitrogens with two attached hydrogens (primary N) is 1. The molecule has 3 nitrogen and oxygen atoms in total. The number of halogens is 2. The van der Waals surface area contributed by atoms with Crippen LogP contribution in [0.1, 0.15) is 12.8 Å². The normalized spacial score (nSPS) is 25.6. The Labute approximate surface area is 86.5 Å². The van der Waals surface area contributed by atoms with Crippen molar-refractivity contribution in [2.45, 2.75) is 24.9 Å². The first kappa shape index (κ1) is 9.68. The van der Waals surface area contributed by atoms with E-state index in [1.807, 2.05) is 0 Å². The van der Waals surface area contributed by atoms with Gasteiger partial charge >= 0.3 is 0 Å². The van der Waals surface area contributed by atoms with Gasteiger partial charge in [0.15, 0.2) is 11.6 Å². The lowest BCUT2D eigenvalue weighted by atomic mass is 9.88. The van der Waals surface area contributed by atoms with Gasteiger partial charge in [-0.3, -0.25) is 0 Å². The highest BCUT2D eigenvalue weighted by molar-refractivity contribution is 6.30. The second-order valence-corrected chi connectivity index (χ2v) is 3.99. The molecule has 14 heavy (non-hydrogen) atoms. The van der Waals surface area contributed by atoms with Gasteiger partial charge in [-0.1, -0.05) is 11.6 Å². The second kappa shape index (κ2) is 3.71. The van der Waals surface area contributed by atoms with Crippen LogP contribution in [-0.2, 0) is 0 Å². The van der Waals surface area contributed by atoms with Crippen molar-refractivity contribution in [1.82, 2.24) is 4.98 Å². The van der Waals surface area contributed by atoms with E-state index >= 15 is 0 Å². The minimum absolute atomic E-state index is 0.239. The van der Waals surface area contributed by atoms with Crippen LogP contribution in [0.25, 0.3) is 0 Å². The summed E-state index contributed by atoms with van der Waals surface area (Å²) in [7, 11) is 0. The van der Waals surface area contributed by atoms with Gasteiger partial charge in [0.05, 0.1) is 5.02 Å². The van der Waals surface area contributed by atoms with Crippen LogP contribution in [-0.4, -0.2) is 17.1 Å². The average Bonchev–Trinajstić information content (AvgIpc) is 2.06. The number of nitrogens with zero attached hydrogens (tertiary/aromatic N) is 1. The summed E-state index contributed by atoms with van der Waals surface area (Å²) in [5.41, 5.74) is 5.61. The Morgan fingerprint density at radius 3 is 2.86 bits per heavy atom. The van der Waals surface area contributed by atoms with Gasteiger partial charge in [-0.2, -0.15) is 0 Å². The van der Waals surface area contributed by atoms with Gasteiger partial charge in [-0.15, -0.1) is 0 Å². The van der Waals surface area contributed by atoms with E-state index in [-0.39, 0.29) is 17.9 Å². The van der Waals surface area contributed by atoms with E-state index in [0.29, 0.717) is 5.02 Å². The van der Waals surface area contributed by atoms with Crippen LogP contribution < -0.4 is 11.1 Å². The molecule has 1 heterocycles. The van der Waals surface area contributed by atoms with Gasteiger partial charge in [0.25, 0.3) is 0 Å². The zero-order valence-electron chi connectivity index (χ0n) is 7.50. The number of hydrogen-bond acceptors (Lipinski definition) is 3. The number of nitrogens with one attached hydrogen (secondary N) is 1. The molecule has 3 N–H and O–H groups in total. The molecule has 2 rings (SSSR count). The highest BCUT2D eigenvalue weighted by atomic mass is 35.5. The van der Waals surface area contributed by atoms with Crippen molar-refractivity contribution >= 4 is 17.4 Å². The maximum Gasteiger partial charge on any atom is 0.166 e. The van der Waals surface area contributed by atoms with E-state index < -0.39 is 5.82 Å².